The van der Waals surface area contributed by atoms with Gasteiger partial charge in [0.2, 0.25) is 10.0 Å². The van der Waals surface area contributed by atoms with E-state index in [0.717, 1.165) is 29.1 Å². The van der Waals surface area contributed by atoms with Gasteiger partial charge in [-0.25, -0.2) is 17.5 Å². The number of carbonyl (C=O) groups is 1. The van der Waals surface area contributed by atoms with Crippen molar-refractivity contribution in [1.29, 1.82) is 0 Å². The van der Waals surface area contributed by atoms with Crippen LogP contribution in [-0.4, -0.2) is 25.7 Å². The van der Waals surface area contributed by atoms with Crippen LogP contribution in [0, 0.1) is 5.82 Å². The predicted molar refractivity (Wildman–Crippen MR) is 113 cm³/mol. The number of halogens is 4. The first-order valence-corrected chi connectivity index (χ1v) is 12.4. The first-order valence-electron chi connectivity index (χ1n) is 10.1. The zero-order valence-corrected chi connectivity index (χ0v) is 18.8. The van der Waals surface area contributed by atoms with Crippen LogP contribution in [0.4, 0.5) is 17.6 Å². The van der Waals surface area contributed by atoms with Gasteiger partial charge in [-0.1, -0.05) is 12.8 Å². The van der Waals surface area contributed by atoms with Crippen molar-refractivity contribution in [1.82, 2.24) is 4.72 Å². The van der Waals surface area contributed by atoms with Gasteiger partial charge >= 0.3 is 12.1 Å². The van der Waals surface area contributed by atoms with Crippen molar-refractivity contribution in [2.24, 2.45) is 0 Å². The first kappa shape index (κ1) is 26.3. The van der Waals surface area contributed by atoms with Crippen molar-refractivity contribution in [2.45, 2.75) is 68.5 Å². The standard InChI is InChI=1S/C21H25F4NO4S2/c22-15-8-11-17(12-9-15)32(29,30)26-18(6-2-1-3-14-21(23,24)25)19-13-10-16(31-19)5-4-7-20(27)28/h8-13,18,26H,1-7,14H2,(H,27,28). The minimum Gasteiger partial charge on any atom is -0.481 e. The molecule has 0 aliphatic rings. The molecule has 1 aromatic heterocycles. The lowest BCUT2D eigenvalue weighted by atomic mass is 10.1. The number of benzene rings is 1. The topological polar surface area (TPSA) is 83.5 Å². The van der Waals surface area contributed by atoms with Gasteiger partial charge in [0, 0.05) is 22.6 Å². The van der Waals surface area contributed by atoms with E-state index in [9.17, 15) is 30.8 Å². The van der Waals surface area contributed by atoms with Gasteiger partial charge in [-0.3, -0.25) is 4.79 Å². The molecular formula is C21H25F4NO4S2. The number of sulfonamides is 1. The van der Waals surface area contributed by atoms with Gasteiger partial charge in [0.1, 0.15) is 5.82 Å². The molecule has 2 rings (SSSR count). The van der Waals surface area contributed by atoms with E-state index in [1.165, 1.54) is 11.3 Å². The zero-order valence-electron chi connectivity index (χ0n) is 17.2. The Kier molecular flexibility index (Phi) is 9.65. The van der Waals surface area contributed by atoms with Crippen LogP contribution in [0.25, 0.3) is 0 Å². The molecule has 2 aromatic rings. The van der Waals surface area contributed by atoms with Crippen molar-refractivity contribution >= 4 is 27.3 Å². The van der Waals surface area contributed by atoms with Crippen molar-refractivity contribution in [3.8, 4) is 0 Å². The molecule has 0 aliphatic heterocycles. The van der Waals surface area contributed by atoms with Gasteiger partial charge in [0.25, 0.3) is 0 Å². The van der Waals surface area contributed by atoms with Crippen LogP contribution < -0.4 is 4.72 Å². The van der Waals surface area contributed by atoms with Crippen LogP contribution in [0.2, 0.25) is 0 Å². The smallest absolute Gasteiger partial charge is 0.389 e. The Morgan fingerprint density at radius 2 is 1.72 bits per heavy atom. The molecule has 0 fully saturated rings. The molecule has 0 saturated heterocycles. The Balaban J connectivity index is 2.09. The van der Waals surface area contributed by atoms with E-state index >= 15 is 0 Å². The largest absolute Gasteiger partial charge is 0.481 e. The van der Waals surface area contributed by atoms with Gasteiger partial charge in [0.05, 0.1) is 10.9 Å². The Morgan fingerprint density at radius 3 is 2.34 bits per heavy atom. The summed E-state index contributed by atoms with van der Waals surface area (Å²) in [6.45, 7) is 0. The third-order valence-electron chi connectivity index (χ3n) is 4.71. The number of carboxylic acids is 1. The van der Waals surface area contributed by atoms with E-state index in [0.29, 0.717) is 37.0 Å². The number of carboxylic acid groups (broad SMARTS) is 1. The molecule has 5 nitrogen and oxygen atoms in total. The fraction of sp³-hybridized carbons (Fsp3) is 0.476. The van der Waals surface area contributed by atoms with Crippen LogP contribution in [0.5, 0.6) is 0 Å². The summed E-state index contributed by atoms with van der Waals surface area (Å²) in [5.74, 6) is -1.47. The number of unbranched alkanes of at least 4 members (excludes halogenated alkanes) is 2. The van der Waals surface area contributed by atoms with E-state index < -0.39 is 40.4 Å². The highest BCUT2D eigenvalue weighted by molar-refractivity contribution is 7.89. The van der Waals surface area contributed by atoms with Crippen LogP contribution >= 0.6 is 11.3 Å². The summed E-state index contributed by atoms with van der Waals surface area (Å²) in [6.07, 6.45) is -3.16. The number of aryl methyl sites for hydroxylation is 1. The maximum atomic E-state index is 13.1. The van der Waals surface area contributed by atoms with Crippen LogP contribution in [0.15, 0.2) is 41.3 Å². The molecule has 178 valence electrons. The molecule has 11 heteroatoms. The minimum absolute atomic E-state index is 0.0209. The third-order valence-corrected chi connectivity index (χ3v) is 7.46. The third kappa shape index (κ3) is 9.25. The van der Waals surface area contributed by atoms with Gasteiger partial charge in [-0.15, -0.1) is 11.3 Å². The second-order valence-corrected chi connectivity index (χ2v) is 10.3. The highest BCUT2D eigenvalue weighted by Crippen LogP contribution is 2.31. The van der Waals surface area contributed by atoms with E-state index in [-0.39, 0.29) is 17.7 Å². The highest BCUT2D eigenvalue weighted by Gasteiger charge is 2.26. The summed E-state index contributed by atoms with van der Waals surface area (Å²) in [5.41, 5.74) is 0. The average molecular weight is 496 g/mol. The Hall–Kier alpha value is -1.98. The molecule has 0 spiro atoms. The lowest BCUT2D eigenvalue weighted by Crippen LogP contribution is -2.28. The Morgan fingerprint density at radius 1 is 1.03 bits per heavy atom. The van der Waals surface area contributed by atoms with Gasteiger partial charge in [-0.05, 0) is 62.1 Å². The second kappa shape index (κ2) is 11.8. The van der Waals surface area contributed by atoms with Crippen molar-refractivity contribution in [2.75, 3.05) is 0 Å². The number of alkyl halides is 3. The summed E-state index contributed by atoms with van der Waals surface area (Å²) in [5, 5.41) is 8.76. The number of thiophene rings is 1. The summed E-state index contributed by atoms with van der Waals surface area (Å²) in [4.78, 5) is 12.2. The van der Waals surface area contributed by atoms with E-state index in [4.69, 9.17) is 5.11 Å². The molecule has 0 bridgehead atoms. The molecule has 1 unspecified atom stereocenters. The molecule has 0 radical (unpaired) electrons. The summed E-state index contributed by atoms with van der Waals surface area (Å²) >= 11 is 1.34. The van der Waals surface area contributed by atoms with Crippen molar-refractivity contribution in [3.63, 3.8) is 0 Å². The Labute approximate surface area is 188 Å². The fourth-order valence-corrected chi connectivity index (χ4v) is 5.57. The number of hydrogen-bond donors (Lipinski definition) is 2. The number of aliphatic carboxylic acids is 1. The maximum absolute atomic E-state index is 13.1. The molecule has 1 aromatic carbocycles. The van der Waals surface area contributed by atoms with Gasteiger partial charge in [0.15, 0.2) is 0 Å². The number of rotatable bonds is 13. The summed E-state index contributed by atoms with van der Waals surface area (Å²) < 4.78 is 78.3. The molecular weight excluding hydrogens is 470 g/mol. The number of hydrogen-bond acceptors (Lipinski definition) is 4. The van der Waals surface area contributed by atoms with Gasteiger partial charge in [-0.2, -0.15) is 13.2 Å². The average Bonchev–Trinajstić information content (AvgIpc) is 3.15. The summed E-state index contributed by atoms with van der Waals surface area (Å²) in [7, 11) is -3.98. The first-order chi connectivity index (χ1) is 15.0. The quantitative estimate of drug-likeness (QED) is 0.271. The molecule has 0 saturated carbocycles. The molecule has 2 N–H and O–H groups in total. The summed E-state index contributed by atoms with van der Waals surface area (Å²) in [6, 6.07) is 7.24. The van der Waals surface area contributed by atoms with E-state index in [1.54, 1.807) is 12.1 Å². The molecule has 1 atom stereocenters. The normalized spacial score (nSPS) is 13.2. The second-order valence-electron chi connectivity index (χ2n) is 7.39. The van der Waals surface area contributed by atoms with Crippen LogP contribution in [0.1, 0.15) is 60.7 Å². The van der Waals surface area contributed by atoms with E-state index in [1.807, 2.05) is 0 Å². The fourth-order valence-electron chi connectivity index (χ4n) is 3.11. The predicted octanol–water partition coefficient (Wildman–Crippen LogP) is 5.83. The maximum Gasteiger partial charge on any atom is 0.389 e. The zero-order chi connectivity index (χ0) is 23.8. The monoisotopic (exact) mass is 495 g/mol. The molecule has 32 heavy (non-hydrogen) atoms. The van der Waals surface area contributed by atoms with Crippen molar-refractivity contribution < 1.29 is 35.9 Å². The van der Waals surface area contributed by atoms with Crippen molar-refractivity contribution in [3.05, 3.63) is 52.0 Å². The molecule has 0 aliphatic carbocycles. The van der Waals surface area contributed by atoms with E-state index in [2.05, 4.69) is 4.72 Å². The van der Waals surface area contributed by atoms with Gasteiger partial charge < -0.3 is 5.11 Å². The number of nitrogens with one attached hydrogen (secondary N) is 1. The highest BCUT2D eigenvalue weighted by atomic mass is 32.2. The Bertz CT molecular complexity index is 972. The van der Waals surface area contributed by atoms with Crippen LogP contribution in [0.3, 0.4) is 0 Å². The molecule has 0 amide bonds. The molecule has 1 heterocycles. The lowest BCUT2D eigenvalue weighted by Gasteiger charge is -2.18. The SMILES string of the molecule is O=C(O)CCCc1ccc(C(CCCCCC(F)(F)F)NS(=O)(=O)c2ccc(F)cc2)s1. The van der Waals surface area contributed by atoms with Crippen LogP contribution in [-0.2, 0) is 21.2 Å². The minimum atomic E-state index is -4.22. The lowest BCUT2D eigenvalue weighted by molar-refractivity contribution is -0.137.